The molecule has 0 radical (unpaired) electrons. The number of hydrogen-bond acceptors (Lipinski definition) is 5. The molecule has 0 aromatic carbocycles. The Hall–Kier alpha value is -1.92. The standard InChI is InChI=1S/C74H141NO5/c1-3-5-7-9-11-13-15-17-19-21-35-38-42-46-50-54-58-62-66-72(77)71(70-76)75-73(78)67-63-59-55-51-47-43-39-36-33-31-29-27-25-23-22-24-26-28-30-32-34-37-41-45-49-53-57-61-65-69-80-74(79)68-64-60-56-52-48-44-40-20-18-16-14-12-10-8-6-4-2/h14,16,20,40,62,66,71-72,76-77H,3-13,15,17-19,21-39,41-61,63-65,67-70H2,1-2H3,(H,75,78)/b16-14-,40-20-,66-62+. The molecule has 0 spiro atoms. The Morgan fingerprint density at radius 2 is 0.625 bits per heavy atom. The van der Waals surface area contributed by atoms with E-state index in [9.17, 15) is 19.8 Å². The first kappa shape index (κ1) is 78.1. The van der Waals surface area contributed by atoms with E-state index >= 15 is 0 Å². The van der Waals surface area contributed by atoms with E-state index in [1.54, 1.807) is 6.08 Å². The lowest BCUT2D eigenvalue weighted by atomic mass is 10.0. The topological polar surface area (TPSA) is 95.9 Å². The molecule has 2 unspecified atom stereocenters. The summed E-state index contributed by atoms with van der Waals surface area (Å²) in [6, 6.07) is -0.626. The van der Waals surface area contributed by atoms with Gasteiger partial charge in [-0.25, -0.2) is 0 Å². The molecule has 1 amide bonds. The number of nitrogens with one attached hydrogen (secondary N) is 1. The van der Waals surface area contributed by atoms with Crippen LogP contribution in [0.4, 0.5) is 0 Å². The van der Waals surface area contributed by atoms with Crippen molar-refractivity contribution in [3.05, 3.63) is 36.5 Å². The van der Waals surface area contributed by atoms with Crippen LogP contribution in [0.5, 0.6) is 0 Å². The zero-order valence-corrected chi connectivity index (χ0v) is 54.1. The van der Waals surface area contributed by atoms with Crippen LogP contribution in [0.1, 0.15) is 399 Å². The molecule has 2 atom stereocenters. The molecule has 472 valence electrons. The summed E-state index contributed by atoms with van der Waals surface area (Å²) in [6.45, 7) is 4.92. The molecule has 0 aromatic heterocycles. The van der Waals surface area contributed by atoms with Crippen molar-refractivity contribution < 1.29 is 24.5 Å². The van der Waals surface area contributed by atoms with Gasteiger partial charge in [0, 0.05) is 12.8 Å². The summed E-state index contributed by atoms with van der Waals surface area (Å²) < 4.78 is 5.49. The Balaban J connectivity index is 3.36. The van der Waals surface area contributed by atoms with Crippen LogP contribution >= 0.6 is 0 Å². The van der Waals surface area contributed by atoms with Crippen molar-refractivity contribution in [3.8, 4) is 0 Å². The maximum atomic E-state index is 12.5. The van der Waals surface area contributed by atoms with Gasteiger partial charge in [0.1, 0.15) is 0 Å². The molecule has 0 aromatic rings. The van der Waals surface area contributed by atoms with E-state index in [0.29, 0.717) is 19.4 Å². The van der Waals surface area contributed by atoms with Crippen molar-refractivity contribution in [3.63, 3.8) is 0 Å². The quantitative estimate of drug-likeness (QED) is 0.0320. The zero-order chi connectivity index (χ0) is 57.8. The summed E-state index contributed by atoms with van der Waals surface area (Å²) in [5, 5.41) is 23.2. The molecule has 0 saturated heterocycles. The van der Waals surface area contributed by atoms with E-state index < -0.39 is 12.1 Å². The van der Waals surface area contributed by atoms with Gasteiger partial charge in [-0.3, -0.25) is 9.59 Å². The van der Waals surface area contributed by atoms with Crippen molar-refractivity contribution in [2.45, 2.75) is 411 Å². The first-order valence-corrected chi connectivity index (χ1v) is 36.3. The summed E-state index contributed by atoms with van der Waals surface area (Å²) in [5.41, 5.74) is 0. The van der Waals surface area contributed by atoms with Crippen molar-refractivity contribution in [1.82, 2.24) is 5.32 Å². The number of carbonyl (C=O) groups excluding carboxylic acids is 2. The highest BCUT2D eigenvalue weighted by Gasteiger charge is 2.18. The number of allylic oxidation sites excluding steroid dienone is 5. The number of carbonyl (C=O) groups is 2. The summed E-state index contributed by atoms with van der Waals surface area (Å²) in [4.78, 5) is 24.6. The van der Waals surface area contributed by atoms with Gasteiger partial charge >= 0.3 is 5.97 Å². The number of amides is 1. The molecule has 0 aliphatic heterocycles. The van der Waals surface area contributed by atoms with Crippen LogP contribution in [-0.4, -0.2) is 47.4 Å². The first-order chi connectivity index (χ1) is 39.5. The van der Waals surface area contributed by atoms with Gasteiger partial charge in [-0.15, -0.1) is 0 Å². The van der Waals surface area contributed by atoms with Gasteiger partial charge in [-0.1, -0.05) is 359 Å². The van der Waals surface area contributed by atoms with Crippen LogP contribution in [-0.2, 0) is 14.3 Å². The predicted molar refractivity (Wildman–Crippen MR) is 352 cm³/mol. The molecule has 0 aliphatic carbocycles. The Morgan fingerprint density at radius 3 is 0.963 bits per heavy atom. The number of hydrogen-bond donors (Lipinski definition) is 3. The minimum atomic E-state index is -0.843. The molecule has 3 N–H and O–H groups in total. The second-order valence-electron chi connectivity index (χ2n) is 24.9. The molecule has 6 heteroatoms. The molecule has 0 aliphatic rings. The molecule has 6 nitrogen and oxygen atoms in total. The van der Waals surface area contributed by atoms with Gasteiger partial charge < -0.3 is 20.3 Å². The van der Waals surface area contributed by atoms with Crippen LogP contribution in [0.3, 0.4) is 0 Å². The lowest BCUT2D eigenvalue weighted by Gasteiger charge is -2.20. The minimum Gasteiger partial charge on any atom is -0.466 e. The van der Waals surface area contributed by atoms with Crippen LogP contribution in [0, 0.1) is 0 Å². The number of unbranched alkanes of at least 4 members (excludes halogenated alkanes) is 53. The summed E-state index contributed by atoms with van der Waals surface area (Å²) in [5.74, 6) is -0.0552. The molecule has 0 bridgehead atoms. The Labute approximate surface area is 500 Å². The fourth-order valence-corrected chi connectivity index (χ4v) is 11.4. The monoisotopic (exact) mass is 1120 g/mol. The first-order valence-electron chi connectivity index (χ1n) is 36.3. The third-order valence-corrected chi connectivity index (χ3v) is 16.9. The number of ether oxygens (including phenoxy) is 1. The SMILES string of the molecule is CCCCCC/C=C\C/C=C\CCCCCCCC(=O)OCCCCCCCCCCCCCCCCCCCCCCCCCCCCCCCC(=O)NC(CO)C(O)/C=C/CCCCCCCCCCCCCCCCCC. The summed E-state index contributed by atoms with van der Waals surface area (Å²) in [7, 11) is 0. The highest BCUT2D eigenvalue weighted by atomic mass is 16.5. The van der Waals surface area contributed by atoms with Gasteiger partial charge in [-0.2, -0.15) is 0 Å². The Morgan fingerprint density at radius 1 is 0.350 bits per heavy atom. The largest absolute Gasteiger partial charge is 0.466 e. The average Bonchev–Trinajstić information content (AvgIpc) is 3.46. The van der Waals surface area contributed by atoms with E-state index in [-0.39, 0.29) is 18.5 Å². The number of esters is 1. The summed E-state index contributed by atoms with van der Waals surface area (Å²) >= 11 is 0. The van der Waals surface area contributed by atoms with Gasteiger partial charge in [0.15, 0.2) is 0 Å². The highest BCUT2D eigenvalue weighted by molar-refractivity contribution is 5.76. The van der Waals surface area contributed by atoms with Crippen LogP contribution in [0.25, 0.3) is 0 Å². The molecule has 0 saturated carbocycles. The lowest BCUT2D eigenvalue weighted by molar-refractivity contribution is -0.143. The Bertz CT molecular complexity index is 1300. The van der Waals surface area contributed by atoms with Gasteiger partial charge in [-0.05, 0) is 64.2 Å². The maximum absolute atomic E-state index is 12.5. The fraction of sp³-hybridized carbons (Fsp3) is 0.892. The van der Waals surface area contributed by atoms with Crippen LogP contribution in [0.2, 0.25) is 0 Å². The fourth-order valence-electron chi connectivity index (χ4n) is 11.4. The molecular weight excluding hydrogens is 983 g/mol. The second kappa shape index (κ2) is 69.6. The number of aliphatic hydroxyl groups is 2. The van der Waals surface area contributed by atoms with E-state index in [1.807, 2.05) is 6.08 Å². The van der Waals surface area contributed by atoms with Gasteiger partial charge in [0.2, 0.25) is 5.91 Å². The third-order valence-electron chi connectivity index (χ3n) is 16.9. The second-order valence-corrected chi connectivity index (χ2v) is 24.9. The van der Waals surface area contributed by atoms with Crippen molar-refractivity contribution in [2.24, 2.45) is 0 Å². The zero-order valence-electron chi connectivity index (χ0n) is 54.1. The van der Waals surface area contributed by atoms with E-state index in [0.717, 1.165) is 51.4 Å². The van der Waals surface area contributed by atoms with E-state index in [2.05, 4.69) is 43.5 Å². The third kappa shape index (κ3) is 65.2. The van der Waals surface area contributed by atoms with E-state index in [1.165, 1.54) is 321 Å². The van der Waals surface area contributed by atoms with Crippen LogP contribution in [0.15, 0.2) is 36.5 Å². The molecule has 80 heavy (non-hydrogen) atoms. The average molecular weight is 1120 g/mol. The smallest absolute Gasteiger partial charge is 0.305 e. The van der Waals surface area contributed by atoms with Crippen LogP contribution < -0.4 is 5.32 Å². The highest BCUT2D eigenvalue weighted by Crippen LogP contribution is 2.19. The van der Waals surface area contributed by atoms with Gasteiger partial charge in [0.05, 0.1) is 25.4 Å². The maximum Gasteiger partial charge on any atom is 0.305 e. The Kier molecular flexibility index (Phi) is 67.9. The summed E-state index contributed by atoms with van der Waals surface area (Å²) in [6.07, 6.45) is 89.5. The number of aliphatic hydroxyl groups excluding tert-OH is 2. The van der Waals surface area contributed by atoms with Gasteiger partial charge in [0.25, 0.3) is 0 Å². The van der Waals surface area contributed by atoms with E-state index in [4.69, 9.17) is 4.74 Å². The van der Waals surface area contributed by atoms with Crippen molar-refractivity contribution in [1.29, 1.82) is 0 Å². The minimum absolute atomic E-state index is 0.00611. The molecule has 0 heterocycles. The van der Waals surface area contributed by atoms with Crippen molar-refractivity contribution >= 4 is 11.9 Å². The van der Waals surface area contributed by atoms with Crippen molar-refractivity contribution in [2.75, 3.05) is 13.2 Å². The molecular formula is C74H141NO5. The lowest BCUT2D eigenvalue weighted by Crippen LogP contribution is -2.45. The molecule has 0 rings (SSSR count). The number of rotatable bonds is 68. The molecule has 0 fully saturated rings. The normalized spacial score (nSPS) is 12.7. The predicted octanol–water partition coefficient (Wildman–Crippen LogP) is 23.5.